The summed E-state index contributed by atoms with van der Waals surface area (Å²) in [5.41, 5.74) is -0.220. The molecule has 0 unspecified atom stereocenters. The van der Waals surface area contributed by atoms with Gasteiger partial charge in [-0.05, 0) is 19.1 Å². The van der Waals surface area contributed by atoms with Crippen molar-refractivity contribution in [3.8, 4) is 10.8 Å². The third-order valence-corrected chi connectivity index (χ3v) is 4.12. The van der Waals surface area contributed by atoms with Gasteiger partial charge in [0.1, 0.15) is 5.75 Å². The summed E-state index contributed by atoms with van der Waals surface area (Å²) in [5.74, 6) is 0.223. The molecule has 0 saturated carbocycles. The van der Waals surface area contributed by atoms with Crippen molar-refractivity contribution in [2.45, 2.75) is 13.0 Å². The van der Waals surface area contributed by atoms with Crippen LogP contribution in [0, 0.1) is 10.1 Å². The van der Waals surface area contributed by atoms with Gasteiger partial charge in [0.15, 0.2) is 0 Å². The summed E-state index contributed by atoms with van der Waals surface area (Å²) in [6.45, 7) is 1.52. The largest absolute Gasteiger partial charge is 0.438 e. The predicted molar refractivity (Wildman–Crippen MR) is 78.1 cm³/mol. The Labute approximate surface area is 128 Å². The molecule has 2 rings (SSSR count). The Morgan fingerprint density at radius 1 is 1.40 bits per heavy atom. The standard InChI is InChI=1S/C12H9Cl2NO4S/c1-6(16)11-5-9(15(17)18)12(20-11)19-10-4-7(13)2-3-8(10)14/h2-6,16H,1H3/t6-/m0/s1. The van der Waals surface area contributed by atoms with Crippen LogP contribution in [0.3, 0.4) is 0 Å². The lowest BCUT2D eigenvalue weighted by Crippen LogP contribution is -1.90. The summed E-state index contributed by atoms with van der Waals surface area (Å²) in [6, 6.07) is 5.87. The number of aliphatic hydroxyl groups is 1. The smallest absolute Gasteiger partial charge is 0.323 e. The minimum atomic E-state index is -0.814. The molecule has 0 amide bonds. The molecule has 0 fully saturated rings. The van der Waals surface area contributed by atoms with Crippen molar-refractivity contribution in [3.05, 3.63) is 49.3 Å². The van der Waals surface area contributed by atoms with Gasteiger partial charge in [0.25, 0.3) is 5.06 Å². The minimum Gasteiger partial charge on any atom is -0.438 e. The summed E-state index contributed by atoms with van der Waals surface area (Å²) in [4.78, 5) is 10.9. The Bertz CT molecular complexity index is 657. The van der Waals surface area contributed by atoms with Crippen LogP contribution in [-0.4, -0.2) is 10.0 Å². The van der Waals surface area contributed by atoms with Crippen molar-refractivity contribution in [1.29, 1.82) is 0 Å². The lowest BCUT2D eigenvalue weighted by Gasteiger charge is -2.05. The number of benzene rings is 1. The summed E-state index contributed by atoms with van der Waals surface area (Å²) in [5, 5.41) is 21.2. The Morgan fingerprint density at radius 2 is 2.10 bits per heavy atom. The van der Waals surface area contributed by atoms with E-state index in [1.165, 1.54) is 25.1 Å². The molecule has 1 N–H and O–H groups in total. The van der Waals surface area contributed by atoms with Crippen molar-refractivity contribution in [1.82, 2.24) is 0 Å². The first-order valence-electron chi connectivity index (χ1n) is 5.47. The van der Waals surface area contributed by atoms with Crippen LogP contribution >= 0.6 is 34.5 Å². The first-order valence-corrected chi connectivity index (χ1v) is 7.05. The molecule has 20 heavy (non-hydrogen) atoms. The Balaban J connectivity index is 2.42. The van der Waals surface area contributed by atoms with Gasteiger partial charge in [0.05, 0.1) is 16.0 Å². The highest BCUT2D eigenvalue weighted by Crippen LogP contribution is 2.43. The van der Waals surface area contributed by atoms with Gasteiger partial charge >= 0.3 is 5.69 Å². The number of hydrogen-bond donors (Lipinski definition) is 1. The van der Waals surface area contributed by atoms with E-state index in [1.54, 1.807) is 6.07 Å². The molecule has 0 aliphatic heterocycles. The van der Waals surface area contributed by atoms with Crippen LogP contribution in [0.5, 0.6) is 10.8 Å². The first kappa shape index (κ1) is 15.1. The van der Waals surface area contributed by atoms with Crippen LogP contribution in [0.2, 0.25) is 10.0 Å². The fourth-order valence-corrected chi connectivity index (χ4v) is 2.69. The number of thiophene rings is 1. The van der Waals surface area contributed by atoms with Crippen molar-refractivity contribution >= 4 is 40.2 Å². The maximum absolute atomic E-state index is 11.0. The van der Waals surface area contributed by atoms with E-state index >= 15 is 0 Å². The van der Waals surface area contributed by atoms with E-state index in [0.717, 1.165) is 11.3 Å². The molecule has 8 heteroatoms. The van der Waals surface area contributed by atoms with Gasteiger partial charge in [-0.1, -0.05) is 34.5 Å². The van der Waals surface area contributed by atoms with Crippen molar-refractivity contribution in [2.24, 2.45) is 0 Å². The van der Waals surface area contributed by atoms with Crippen LogP contribution in [0.25, 0.3) is 0 Å². The highest BCUT2D eigenvalue weighted by Gasteiger charge is 2.23. The molecule has 1 heterocycles. The molecule has 0 radical (unpaired) electrons. The van der Waals surface area contributed by atoms with Crippen LogP contribution in [0.4, 0.5) is 5.69 Å². The average Bonchev–Trinajstić information content (AvgIpc) is 2.78. The molecule has 0 saturated heterocycles. The molecular weight excluding hydrogens is 325 g/mol. The van der Waals surface area contributed by atoms with E-state index in [-0.39, 0.29) is 21.5 Å². The van der Waals surface area contributed by atoms with E-state index in [9.17, 15) is 15.2 Å². The van der Waals surface area contributed by atoms with Crippen LogP contribution < -0.4 is 4.74 Å². The minimum absolute atomic E-state index is 0.0510. The molecule has 0 aliphatic rings. The second-order valence-electron chi connectivity index (χ2n) is 3.93. The van der Waals surface area contributed by atoms with Gasteiger partial charge in [-0.25, -0.2) is 0 Å². The van der Waals surface area contributed by atoms with E-state index in [4.69, 9.17) is 27.9 Å². The third kappa shape index (κ3) is 3.21. The van der Waals surface area contributed by atoms with E-state index in [0.29, 0.717) is 9.90 Å². The lowest BCUT2D eigenvalue weighted by atomic mass is 10.3. The average molecular weight is 334 g/mol. The van der Waals surface area contributed by atoms with Gasteiger partial charge in [0.2, 0.25) is 0 Å². The summed E-state index contributed by atoms with van der Waals surface area (Å²) in [7, 11) is 0. The maximum Gasteiger partial charge on any atom is 0.323 e. The number of hydrogen-bond acceptors (Lipinski definition) is 5. The number of nitrogens with zero attached hydrogens (tertiary/aromatic N) is 1. The van der Waals surface area contributed by atoms with Gasteiger partial charge in [0, 0.05) is 22.0 Å². The topological polar surface area (TPSA) is 72.6 Å². The van der Waals surface area contributed by atoms with E-state index in [2.05, 4.69) is 0 Å². The second-order valence-corrected chi connectivity index (χ2v) is 5.82. The number of halogens is 2. The molecule has 0 aliphatic carbocycles. The molecule has 5 nitrogen and oxygen atoms in total. The number of ether oxygens (including phenoxy) is 1. The fourth-order valence-electron chi connectivity index (χ4n) is 1.44. The Hall–Kier alpha value is -1.34. The van der Waals surface area contributed by atoms with Gasteiger partial charge in [-0.3, -0.25) is 10.1 Å². The highest BCUT2D eigenvalue weighted by atomic mass is 35.5. The SMILES string of the molecule is C[C@H](O)c1cc([N+](=O)[O-])c(Oc2cc(Cl)ccc2Cl)s1. The first-order chi connectivity index (χ1) is 9.38. The van der Waals surface area contributed by atoms with Crippen LogP contribution in [-0.2, 0) is 0 Å². The molecule has 1 aromatic heterocycles. The maximum atomic E-state index is 11.0. The van der Waals surface area contributed by atoms with E-state index < -0.39 is 11.0 Å². The number of nitro groups is 1. The summed E-state index contributed by atoms with van der Waals surface area (Å²) >= 11 is 12.8. The quantitative estimate of drug-likeness (QED) is 0.643. The zero-order valence-corrected chi connectivity index (χ0v) is 12.5. The molecule has 0 bridgehead atoms. The molecule has 1 aromatic carbocycles. The van der Waals surface area contributed by atoms with Crippen LogP contribution in [0.15, 0.2) is 24.3 Å². The van der Waals surface area contributed by atoms with Crippen molar-refractivity contribution in [2.75, 3.05) is 0 Å². The second kappa shape index (κ2) is 5.97. The molecule has 106 valence electrons. The lowest BCUT2D eigenvalue weighted by molar-refractivity contribution is -0.385. The summed E-state index contributed by atoms with van der Waals surface area (Å²) < 4.78 is 5.46. The van der Waals surface area contributed by atoms with Gasteiger partial charge in [-0.2, -0.15) is 0 Å². The number of aliphatic hydroxyl groups excluding tert-OH is 1. The summed E-state index contributed by atoms with van der Waals surface area (Å²) in [6.07, 6.45) is -0.814. The van der Waals surface area contributed by atoms with Crippen LogP contribution in [0.1, 0.15) is 17.9 Å². The molecular formula is C12H9Cl2NO4S. The monoisotopic (exact) mass is 333 g/mol. The Morgan fingerprint density at radius 3 is 2.70 bits per heavy atom. The fraction of sp³-hybridized carbons (Fsp3) is 0.167. The normalized spacial score (nSPS) is 12.2. The van der Waals surface area contributed by atoms with Gasteiger partial charge < -0.3 is 9.84 Å². The zero-order chi connectivity index (χ0) is 14.9. The predicted octanol–water partition coefficient (Wildman–Crippen LogP) is 4.81. The molecule has 0 spiro atoms. The van der Waals surface area contributed by atoms with Crippen molar-refractivity contribution in [3.63, 3.8) is 0 Å². The third-order valence-electron chi connectivity index (χ3n) is 2.40. The Kier molecular flexibility index (Phi) is 4.49. The van der Waals surface area contributed by atoms with E-state index in [1.807, 2.05) is 0 Å². The van der Waals surface area contributed by atoms with Crippen molar-refractivity contribution < 1.29 is 14.8 Å². The highest BCUT2D eigenvalue weighted by molar-refractivity contribution is 7.14. The number of rotatable bonds is 4. The molecule has 1 atom stereocenters. The van der Waals surface area contributed by atoms with Gasteiger partial charge in [-0.15, -0.1) is 0 Å². The molecule has 2 aromatic rings. The zero-order valence-electron chi connectivity index (χ0n) is 10.2.